The number of Topliss-reactive ketones (excluding diaryl/α,β-unsaturated/α-hetero) is 2. The summed E-state index contributed by atoms with van der Waals surface area (Å²) in [5, 5.41) is 0. The number of imide groups is 1. The van der Waals surface area contributed by atoms with Gasteiger partial charge in [-0.3, -0.25) is 19.2 Å². The summed E-state index contributed by atoms with van der Waals surface area (Å²) < 4.78 is 25.5. The Morgan fingerprint density at radius 2 is 1.47 bits per heavy atom. The topological polar surface area (TPSA) is 90.0 Å². The van der Waals surface area contributed by atoms with E-state index < -0.39 is 52.7 Å². The Morgan fingerprint density at radius 1 is 0.861 bits per heavy atom. The molecule has 0 radical (unpaired) electrons. The highest BCUT2D eigenvalue weighted by Gasteiger charge is 2.74. The second-order valence-corrected chi connectivity index (χ2v) is 8.95. The van der Waals surface area contributed by atoms with E-state index in [0.717, 1.165) is 4.90 Å². The fourth-order valence-electron chi connectivity index (χ4n) is 5.63. The molecule has 0 saturated carbocycles. The third-order valence-electron chi connectivity index (χ3n) is 7.12. The molecule has 0 aromatic heterocycles. The first kappa shape index (κ1) is 22.3. The number of ether oxygens (including phenoxy) is 2. The van der Waals surface area contributed by atoms with Crippen molar-refractivity contribution >= 4 is 29.1 Å². The number of carbonyl (C=O) groups is 4. The Hall–Kier alpha value is -4.17. The molecule has 3 aliphatic rings. The average molecular weight is 485 g/mol. The van der Waals surface area contributed by atoms with Crippen molar-refractivity contribution in [2.24, 2.45) is 11.8 Å². The van der Waals surface area contributed by atoms with E-state index in [0.29, 0.717) is 17.9 Å². The average Bonchev–Trinajstić information content (AvgIpc) is 3.45. The van der Waals surface area contributed by atoms with Crippen molar-refractivity contribution in [3.05, 3.63) is 95.3 Å². The first-order valence-electron chi connectivity index (χ1n) is 11.6. The van der Waals surface area contributed by atoms with E-state index >= 15 is 0 Å². The summed E-state index contributed by atoms with van der Waals surface area (Å²) in [6.45, 7) is 2.08. The van der Waals surface area contributed by atoms with Crippen LogP contribution in [0.2, 0.25) is 0 Å². The molecule has 1 aliphatic carbocycles. The van der Waals surface area contributed by atoms with E-state index in [4.69, 9.17) is 9.47 Å². The second-order valence-electron chi connectivity index (χ2n) is 8.95. The molecule has 3 atom stereocenters. The van der Waals surface area contributed by atoms with Crippen molar-refractivity contribution in [1.29, 1.82) is 0 Å². The van der Waals surface area contributed by atoms with Gasteiger partial charge in [0.1, 0.15) is 11.6 Å². The maximum atomic E-state index is 14.0. The predicted octanol–water partition coefficient (Wildman–Crippen LogP) is 3.92. The molecule has 180 valence electrons. The monoisotopic (exact) mass is 485 g/mol. The van der Waals surface area contributed by atoms with Crippen molar-refractivity contribution in [3.63, 3.8) is 0 Å². The molecule has 2 saturated heterocycles. The number of halogens is 1. The van der Waals surface area contributed by atoms with Gasteiger partial charge in [-0.05, 0) is 36.8 Å². The smallest absolute Gasteiger partial charge is 0.241 e. The van der Waals surface area contributed by atoms with Gasteiger partial charge in [-0.1, -0.05) is 48.5 Å². The molecule has 2 heterocycles. The SMILES string of the molecule is CCOc1ccccc1N1C(=O)[C@H]2[C@@H](c3ccc(F)cc3)OC3(C(=O)c4ccccc4C3=O)[C@@H]2C1=O. The first-order valence-corrected chi connectivity index (χ1v) is 11.6. The molecule has 36 heavy (non-hydrogen) atoms. The van der Waals surface area contributed by atoms with Crippen LogP contribution in [0.3, 0.4) is 0 Å². The largest absolute Gasteiger partial charge is 0.492 e. The van der Waals surface area contributed by atoms with Crippen LogP contribution in [0.15, 0.2) is 72.8 Å². The van der Waals surface area contributed by atoms with Gasteiger partial charge in [0.25, 0.3) is 0 Å². The number of para-hydroxylation sites is 2. The van der Waals surface area contributed by atoms with Crippen LogP contribution >= 0.6 is 0 Å². The van der Waals surface area contributed by atoms with Crippen LogP contribution in [-0.2, 0) is 14.3 Å². The molecule has 0 N–H and O–H groups in total. The highest BCUT2D eigenvalue weighted by atomic mass is 19.1. The summed E-state index contributed by atoms with van der Waals surface area (Å²) in [6, 6.07) is 18.1. The van der Waals surface area contributed by atoms with Gasteiger partial charge in [-0.2, -0.15) is 0 Å². The molecule has 6 rings (SSSR count). The van der Waals surface area contributed by atoms with Crippen LogP contribution in [0.4, 0.5) is 10.1 Å². The Bertz CT molecular complexity index is 1410. The standard InChI is InChI=1S/C28H20FNO6/c1-2-35-20-10-6-5-9-19(20)30-26(33)21-22(27(30)34)28(36-23(21)15-11-13-16(29)14-12-15)24(31)17-7-3-4-8-18(17)25(28)32/h3-14,21-23H,2H2,1H3/t21-,22+,23-/m1/s1. The van der Waals surface area contributed by atoms with Crippen LogP contribution in [0.5, 0.6) is 5.75 Å². The van der Waals surface area contributed by atoms with E-state index in [-0.39, 0.29) is 16.8 Å². The molecule has 3 aromatic rings. The number of carbonyl (C=O) groups excluding carboxylic acids is 4. The van der Waals surface area contributed by atoms with Gasteiger partial charge < -0.3 is 9.47 Å². The zero-order chi connectivity index (χ0) is 25.2. The predicted molar refractivity (Wildman–Crippen MR) is 125 cm³/mol. The summed E-state index contributed by atoms with van der Waals surface area (Å²) >= 11 is 0. The summed E-state index contributed by atoms with van der Waals surface area (Å²) in [5.74, 6) is -5.35. The van der Waals surface area contributed by atoms with Gasteiger partial charge in [0.15, 0.2) is 0 Å². The van der Waals surface area contributed by atoms with E-state index in [9.17, 15) is 23.6 Å². The van der Waals surface area contributed by atoms with Crippen molar-refractivity contribution in [2.75, 3.05) is 11.5 Å². The van der Waals surface area contributed by atoms with Crippen LogP contribution in [0.1, 0.15) is 39.3 Å². The van der Waals surface area contributed by atoms with E-state index in [2.05, 4.69) is 0 Å². The Balaban J connectivity index is 1.54. The fourth-order valence-corrected chi connectivity index (χ4v) is 5.63. The summed E-state index contributed by atoms with van der Waals surface area (Å²) in [4.78, 5) is 56.4. The zero-order valence-corrected chi connectivity index (χ0v) is 19.1. The molecule has 0 bridgehead atoms. The lowest BCUT2D eigenvalue weighted by Crippen LogP contribution is -2.51. The second kappa shape index (κ2) is 7.93. The third-order valence-corrected chi connectivity index (χ3v) is 7.12. The van der Waals surface area contributed by atoms with Crippen molar-refractivity contribution in [2.45, 2.75) is 18.6 Å². The molecule has 0 unspecified atom stereocenters. The Labute approximate surface area is 205 Å². The highest BCUT2D eigenvalue weighted by molar-refractivity contribution is 6.37. The molecular weight excluding hydrogens is 465 g/mol. The maximum Gasteiger partial charge on any atom is 0.241 e. The van der Waals surface area contributed by atoms with Crippen LogP contribution in [0.25, 0.3) is 0 Å². The normalized spacial score (nSPS) is 23.9. The lowest BCUT2D eigenvalue weighted by Gasteiger charge is -2.27. The Kier molecular flexibility index (Phi) is 4.91. The van der Waals surface area contributed by atoms with E-state index in [1.807, 2.05) is 0 Å². The number of hydrogen-bond acceptors (Lipinski definition) is 6. The summed E-state index contributed by atoms with van der Waals surface area (Å²) in [5.41, 5.74) is -1.27. The number of hydrogen-bond donors (Lipinski definition) is 0. The molecule has 2 amide bonds. The van der Waals surface area contributed by atoms with Crippen molar-refractivity contribution < 1.29 is 33.0 Å². The van der Waals surface area contributed by atoms with Crippen molar-refractivity contribution in [1.82, 2.24) is 0 Å². The maximum absolute atomic E-state index is 14.0. The highest BCUT2D eigenvalue weighted by Crippen LogP contribution is 2.58. The van der Waals surface area contributed by atoms with Gasteiger partial charge in [-0.25, -0.2) is 9.29 Å². The van der Waals surface area contributed by atoms with Gasteiger partial charge in [0.2, 0.25) is 29.0 Å². The lowest BCUT2D eigenvalue weighted by atomic mass is 9.77. The molecule has 3 aromatic carbocycles. The number of fused-ring (bicyclic) bond motifs is 3. The van der Waals surface area contributed by atoms with Crippen LogP contribution in [0, 0.1) is 17.7 Å². The van der Waals surface area contributed by atoms with Crippen molar-refractivity contribution in [3.8, 4) is 5.75 Å². The fraction of sp³-hybridized carbons (Fsp3) is 0.214. The third kappa shape index (κ3) is 2.82. The van der Waals surface area contributed by atoms with Gasteiger partial charge in [0.05, 0.1) is 30.2 Å². The van der Waals surface area contributed by atoms with Crippen LogP contribution < -0.4 is 9.64 Å². The van der Waals surface area contributed by atoms with E-state index in [1.165, 1.54) is 36.4 Å². The minimum atomic E-state index is -2.19. The number of benzene rings is 3. The number of rotatable bonds is 4. The number of ketones is 2. The molecule has 1 spiro atoms. The van der Waals surface area contributed by atoms with Crippen LogP contribution in [-0.4, -0.2) is 35.6 Å². The number of amides is 2. The minimum Gasteiger partial charge on any atom is -0.492 e. The molecule has 7 nitrogen and oxygen atoms in total. The summed E-state index contributed by atoms with van der Waals surface area (Å²) in [6.07, 6.45) is -1.11. The number of nitrogens with zero attached hydrogens (tertiary/aromatic N) is 1. The minimum absolute atomic E-state index is 0.148. The quantitative estimate of drug-likeness (QED) is 0.411. The van der Waals surface area contributed by atoms with Gasteiger partial charge in [-0.15, -0.1) is 0 Å². The first-order chi connectivity index (χ1) is 17.4. The molecule has 8 heteroatoms. The molecule has 2 fully saturated rings. The van der Waals surface area contributed by atoms with Gasteiger partial charge >= 0.3 is 0 Å². The molecular formula is C28H20FNO6. The number of anilines is 1. The van der Waals surface area contributed by atoms with E-state index in [1.54, 1.807) is 43.3 Å². The van der Waals surface area contributed by atoms with Gasteiger partial charge in [0, 0.05) is 11.1 Å². The Morgan fingerprint density at radius 3 is 2.11 bits per heavy atom. The zero-order valence-electron chi connectivity index (χ0n) is 19.1. The molecule has 2 aliphatic heterocycles. The summed E-state index contributed by atoms with van der Waals surface area (Å²) in [7, 11) is 0. The lowest BCUT2D eigenvalue weighted by molar-refractivity contribution is -0.127.